The first kappa shape index (κ1) is 23.3. The Bertz CT molecular complexity index is 906. The molecule has 0 N–H and O–H groups in total. The van der Waals surface area contributed by atoms with Gasteiger partial charge in [-0.25, -0.2) is 4.79 Å². The molecule has 2 aromatic rings. The zero-order valence-electron chi connectivity index (χ0n) is 19.3. The van der Waals surface area contributed by atoms with Crippen molar-refractivity contribution >= 4 is 17.6 Å². The third-order valence-electron chi connectivity index (χ3n) is 7.07. The maximum Gasteiger partial charge on any atom is 0.336 e. The molecule has 0 bridgehead atoms. The molecule has 1 aromatic heterocycles. The predicted molar refractivity (Wildman–Crippen MR) is 125 cm³/mol. The van der Waals surface area contributed by atoms with E-state index in [4.69, 9.17) is 26.2 Å². The number of benzene rings is 1. The molecule has 1 aliphatic heterocycles. The number of ether oxygens (including phenoxy) is 2. The number of aryl methyl sites for hydroxylation is 2. The smallest absolute Gasteiger partial charge is 0.336 e. The largest absolute Gasteiger partial charge is 0.467 e. The van der Waals surface area contributed by atoms with Crippen LogP contribution in [-0.4, -0.2) is 59.1 Å². The van der Waals surface area contributed by atoms with Gasteiger partial charge in [0.25, 0.3) is 0 Å². The fourth-order valence-corrected chi connectivity index (χ4v) is 5.39. The normalized spacial score (nSPS) is 26.8. The second kappa shape index (κ2) is 10.4. The fraction of sp³-hybridized carbons (Fsp3) is 0.600. The van der Waals surface area contributed by atoms with Gasteiger partial charge in [-0.15, -0.1) is 0 Å². The highest BCUT2D eigenvalue weighted by Gasteiger charge is 2.38. The molecular formula is C25H34ClN3O3. The van der Waals surface area contributed by atoms with Gasteiger partial charge in [-0.05, 0) is 69.7 Å². The molecule has 2 atom stereocenters. The quantitative estimate of drug-likeness (QED) is 0.600. The van der Waals surface area contributed by atoms with Crippen LogP contribution in [0.3, 0.4) is 0 Å². The maximum absolute atomic E-state index is 12.2. The van der Waals surface area contributed by atoms with Crippen molar-refractivity contribution < 1.29 is 14.3 Å². The van der Waals surface area contributed by atoms with E-state index in [1.165, 1.54) is 24.1 Å². The molecule has 2 aliphatic rings. The minimum atomic E-state index is -0.512. The second-order valence-corrected chi connectivity index (χ2v) is 9.49. The van der Waals surface area contributed by atoms with Crippen LogP contribution in [0.25, 0.3) is 0 Å². The van der Waals surface area contributed by atoms with E-state index in [2.05, 4.69) is 41.6 Å². The van der Waals surface area contributed by atoms with Gasteiger partial charge in [0.15, 0.2) is 6.10 Å². The average Bonchev–Trinajstić information content (AvgIpc) is 3.21. The standard InChI is InChI=1S/C25H34ClN3O3/c1-4-29-17(2)13-23(27-29)19-7-11-21(12-8-19)28-15-24(25(30)31-3)32-16-22(28)14-18-5-9-20(26)10-6-18/h5-6,9-10,13,19,21-22,24H,4,7-8,11-12,14-16H2,1-3H3. The molecule has 32 heavy (non-hydrogen) atoms. The van der Waals surface area contributed by atoms with E-state index >= 15 is 0 Å². The summed E-state index contributed by atoms with van der Waals surface area (Å²) in [6.45, 7) is 6.30. The number of nitrogens with zero attached hydrogens (tertiary/aromatic N) is 3. The molecule has 6 nitrogen and oxygen atoms in total. The van der Waals surface area contributed by atoms with E-state index in [0.717, 1.165) is 43.7 Å². The molecule has 2 heterocycles. The van der Waals surface area contributed by atoms with E-state index in [-0.39, 0.29) is 12.0 Å². The molecule has 1 saturated heterocycles. The van der Waals surface area contributed by atoms with Gasteiger partial charge in [-0.2, -0.15) is 5.10 Å². The van der Waals surface area contributed by atoms with E-state index < -0.39 is 6.10 Å². The first-order valence-electron chi connectivity index (χ1n) is 11.7. The minimum Gasteiger partial charge on any atom is -0.467 e. The van der Waals surface area contributed by atoms with Gasteiger partial charge in [0.05, 0.1) is 19.4 Å². The molecule has 2 fully saturated rings. The summed E-state index contributed by atoms with van der Waals surface area (Å²) in [7, 11) is 1.43. The Labute approximate surface area is 195 Å². The van der Waals surface area contributed by atoms with Crippen molar-refractivity contribution in [1.29, 1.82) is 0 Å². The Morgan fingerprint density at radius 2 is 1.94 bits per heavy atom. The van der Waals surface area contributed by atoms with Crippen LogP contribution >= 0.6 is 11.6 Å². The lowest BCUT2D eigenvalue weighted by Gasteiger charge is -2.45. The number of methoxy groups -OCH3 is 1. The molecule has 4 rings (SSSR count). The SMILES string of the molecule is CCn1nc(C2CCC(N3CC(C(=O)OC)OCC3Cc3ccc(Cl)cc3)CC2)cc1C. The topological polar surface area (TPSA) is 56.6 Å². The molecule has 7 heteroatoms. The molecule has 174 valence electrons. The molecular weight excluding hydrogens is 426 g/mol. The Kier molecular flexibility index (Phi) is 7.54. The van der Waals surface area contributed by atoms with Crippen molar-refractivity contribution in [3.8, 4) is 0 Å². The van der Waals surface area contributed by atoms with Gasteiger partial charge in [0, 0.05) is 41.8 Å². The predicted octanol–water partition coefficient (Wildman–Crippen LogP) is 4.38. The van der Waals surface area contributed by atoms with Crippen LogP contribution in [-0.2, 0) is 27.2 Å². The highest BCUT2D eigenvalue weighted by Crippen LogP contribution is 2.36. The number of esters is 1. The summed E-state index contributed by atoms with van der Waals surface area (Å²) < 4.78 is 13.0. The molecule has 1 saturated carbocycles. The lowest BCUT2D eigenvalue weighted by Crippen LogP contribution is -2.57. The summed E-state index contributed by atoms with van der Waals surface area (Å²) >= 11 is 6.07. The lowest BCUT2D eigenvalue weighted by molar-refractivity contribution is -0.165. The Morgan fingerprint density at radius 3 is 2.56 bits per heavy atom. The number of carbonyl (C=O) groups is 1. The first-order chi connectivity index (χ1) is 15.5. The summed E-state index contributed by atoms with van der Waals surface area (Å²) in [6.07, 6.45) is 4.83. The van der Waals surface area contributed by atoms with Crippen LogP contribution in [0.15, 0.2) is 30.3 Å². The molecule has 0 amide bonds. The number of aromatic nitrogens is 2. The summed E-state index contributed by atoms with van der Waals surface area (Å²) in [5.74, 6) is 0.235. The summed E-state index contributed by atoms with van der Waals surface area (Å²) in [6, 6.07) is 11.0. The van der Waals surface area contributed by atoms with Gasteiger partial charge >= 0.3 is 5.97 Å². The number of hydrogen-bond donors (Lipinski definition) is 0. The maximum atomic E-state index is 12.2. The van der Waals surface area contributed by atoms with Crippen molar-refractivity contribution in [2.24, 2.45) is 0 Å². The number of halogens is 1. The van der Waals surface area contributed by atoms with Crippen LogP contribution < -0.4 is 0 Å². The number of morpholine rings is 1. The van der Waals surface area contributed by atoms with Crippen LogP contribution in [0, 0.1) is 6.92 Å². The fourth-order valence-electron chi connectivity index (χ4n) is 5.26. The van der Waals surface area contributed by atoms with E-state index in [0.29, 0.717) is 25.1 Å². The molecule has 1 aliphatic carbocycles. The van der Waals surface area contributed by atoms with Gasteiger partial charge in [0.1, 0.15) is 0 Å². The zero-order valence-corrected chi connectivity index (χ0v) is 20.1. The van der Waals surface area contributed by atoms with Crippen LogP contribution in [0.2, 0.25) is 5.02 Å². The second-order valence-electron chi connectivity index (χ2n) is 9.06. The molecule has 0 spiro atoms. The van der Waals surface area contributed by atoms with Crippen LogP contribution in [0.4, 0.5) is 0 Å². The molecule has 0 radical (unpaired) electrons. The number of carbonyl (C=O) groups excluding carboxylic acids is 1. The number of hydrogen-bond acceptors (Lipinski definition) is 5. The summed E-state index contributed by atoms with van der Waals surface area (Å²) in [5, 5.41) is 5.57. The summed E-state index contributed by atoms with van der Waals surface area (Å²) in [5.41, 5.74) is 3.70. The average molecular weight is 460 g/mol. The van der Waals surface area contributed by atoms with Crippen molar-refractivity contribution in [1.82, 2.24) is 14.7 Å². The lowest BCUT2D eigenvalue weighted by atomic mass is 9.82. The van der Waals surface area contributed by atoms with E-state index in [9.17, 15) is 4.79 Å². The molecule has 2 unspecified atom stereocenters. The van der Waals surface area contributed by atoms with E-state index in [1.807, 2.05) is 12.1 Å². The molecule has 1 aromatic carbocycles. The highest BCUT2D eigenvalue weighted by atomic mass is 35.5. The zero-order chi connectivity index (χ0) is 22.7. The third kappa shape index (κ3) is 5.19. The van der Waals surface area contributed by atoms with Crippen molar-refractivity contribution in [2.75, 3.05) is 20.3 Å². The Morgan fingerprint density at radius 1 is 1.22 bits per heavy atom. The monoisotopic (exact) mass is 459 g/mol. The van der Waals surface area contributed by atoms with Gasteiger partial charge in [-0.1, -0.05) is 23.7 Å². The van der Waals surface area contributed by atoms with Crippen LogP contribution in [0.1, 0.15) is 55.5 Å². The Hall–Kier alpha value is -1.89. The summed E-state index contributed by atoms with van der Waals surface area (Å²) in [4.78, 5) is 14.7. The van der Waals surface area contributed by atoms with Crippen molar-refractivity contribution in [3.63, 3.8) is 0 Å². The van der Waals surface area contributed by atoms with Crippen molar-refractivity contribution in [2.45, 2.75) is 76.6 Å². The van der Waals surface area contributed by atoms with Crippen LogP contribution in [0.5, 0.6) is 0 Å². The van der Waals surface area contributed by atoms with Gasteiger partial charge < -0.3 is 9.47 Å². The number of rotatable bonds is 6. The highest BCUT2D eigenvalue weighted by molar-refractivity contribution is 6.30. The van der Waals surface area contributed by atoms with Gasteiger partial charge in [-0.3, -0.25) is 9.58 Å². The van der Waals surface area contributed by atoms with E-state index in [1.54, 1.807) is 0 Å². The van der Waals surface area contributed by atoms with Gasteiger partial charge in [0.2, 0.25) is 0 Å². The third-order valence-corrected chi connectivity index (χ3v) is 7.32. The van der Waals surface area contributed by atoms with Crippen molar-refractivity contribution in [3.05, 3.63) is 52.3 Å². The Balaban J connectivity index is 1.45. The minimum absolute atomic E-state index is 0.236. The first-order valence-corrected chi connectivity index (χ1v) is 12.1.